The van der Waals surface area contributed by atoms with Crippen molar-refractivity contribution in [2.75, 3.05) is 0 Å². The van der Waals surface area contributed by atoms with E-state index in [9.17, 15) is 9.90 Å². The van der Waals surface area contributed by atoms with E-state index in [1.807, 2.05) is 35.8 Å². The van der Waals surface area contributed by atoms with Crippen LogP contribution < -0.4 is 5.43 Å². The van der Waals surface area contributed by atoms with Gasteiger partial charge in [-0.3, -0.25) is 4.79 Å². The molecular formula is C17H15BrN4O2. The first-order valence-corrected chi connectivity index (χ1v) is 8.16. The molecule has 122 valence electrons. The van der Waals surface area contributed by atoms with E-state index in [0.717, 1.165) is 17.6 Å². The Morgan fingerprint density at radius 2 is 2.17 bits per heavy atom. The molecule has 0 aliphatic rings. The van der Waals surface area contributed by atoms with E-state index in [1.54, 1.807) is 6.07 Å². The van der Waals surface area contributed by atoms with Gasteiger partial charge < -0.3 is 9.67 Å². The number of aromatic nitrogens is 2. The number of imidazole rings is 1. The van der Waals surface area contributed by atoms with Gasteiger partial charge in [-0.15, -0.1) is 0 Å². The molecule has 1 aromatic heterocycles. The molecule has 0 aliphatic carbocycles. The lowest BCUT2D eigenvalue weighted by molar-refractivity contribution is 0.0952. The highest BCUT2D eigenvalue weighted by Crippen LogP contribution is 2.21. The Morgan fingerprint density at radius 1 is 1.38 bits per heavy atom. The average molecular weight is 387 g/mol. The van der Waals surface area contributed by atoms with E-state index in [0.29, 0.717) is 10.3 Å². The quantitative estimate of drug-likeness (QED) is 0.533. The molecule has 0 bridgehead atoms. The number of carbonyl (C=O) groups excluding carboxylic acids is 1. The number of fused-ring (bicyclic) bond motifs is 1. The average Bonchev–Trinajstić information content (AvgIpc) is 2.94. The Hall–Kier alpha value is -2.67. The van der Waals surface area contributed by atoms with Crippen LogP contribution in [-0.4, -0.2) is 26.8 Å². The maximum Gasteiger partial charge on any atom is 0.275 e. The van der Waals surface area contributed by atoms with Gasteiger partial charge in [0.25, 0.3) is 5.91 Å². The maximum absolute atomic E-state index is 12.1. The van der Waals surface area contributed by atoms with Crippen molar-refractivity contribution >= 4 is 39.1 Å². The highest BCUT2D eigenvalue weighted by molar-refractivity contribution is 9.10. The van der Waals surface area contributed by atoms with Gasteiger partial charge in [-0.1, -0.05) is 28.1 Å². The van der Waals surface area contributed by atoms with E-state index in [4.69, 9.17) is 0 Å². The number of nitrogens with one attached hydrogen (secondary N) is 1. The molecule has 0 radical (unpaired) electrons. The number of halogens is 1. The summed E-state index contributed by atoms with van der Waals surface area (Å²) < 4.78 is 2.70. The molecule has 0 unspecified atom stereocenters. The summed E-state index contributed by atoms with van der Waals surface area (Å²) in [6, 6.07) is 12.4. The van der Waals surface area contributed by atoms with E-state index >= 15 is 0 Å². The smallest absolute Gasteiger partial charge is 0.275 e. The first-order valence-electron chi connectivity index (χ1n) is 7.37. The third-order valence-corrected chi connectivity index (χ3v) is 4.04. The molecule has 0 atom stereocenters. The fraction of sp³-hybridized carbons (Fsp3) is 0.118. The first kappa shape index (κ1) is 16.2. The van der Waals surface area contributed by atoms with Crippen LogP contribution in [0.5, 0.6) is 5.75 Å². The van der Waals surface area contributed by atoms with Crippen molar-refractivity contribution in [1.29, 1.82) is 0 Å². The second kappa shape index (κ2) is 6.84. The molecular weight excluding hydrogens is 372 g/mol. The van der Waals surface area contributed by atoms with Crippen molar-refractivity contribution in [2.45, 2.75) is 13.5 Å². The predicted octanol–water partition coefficient (Wildman–Crippen LogP) is 3.29. The Kier molecular flexibility index (Phi) is 4.61. The summed E-state index contributed by atoms with van der Waals surface area (Å²) in [5.74, 6) is 0.0494. The summed E-state index contributed by atoms with van der Waals surface area (Å²) in [5, 5.41) is 13.7. The Morgan fingerprint density at radius 3 is 2.96 bits per heavy atom. The van der Waals surface area contributed by atoms with Gasteiger partial charge in [0.1, 0.15) is 5.75 Å². The van der Waals surface area contributed by atoms with Crippen molar-refractivity contribution in [3.8, 4) is 5.75 Å². The normalized spacial score (nSPS) is 11.2. The van der Waals surface area contributed by atoms with Gasteiger partial charge >= 0.3 is 0 Å². The lowest BCUT2D eigenvalue weighted by Crippen LogP contribution is -2.18. The summed E-state index contributed by atoms with van der Waals surface area (Å²) in [4.78, 5) is 16.6. The maximum atomic E-state index is 12.1. The predicted molar refractivity (Wildman–Crippen MR) is 96.3 cm³/mol. The third-order valence-electron chi connectivity index (χ3n) is 3.55. The van der Waals surface area contributed by atoms with Crippen LogP contribution in [0, 0.1) is 0 Å². The van der Waals surface area contributed by atoms with Gasteiger partial charge in [0.05, 0.1) is 22.8 Å². The van der Waals surface area contributed by atoms with Gasteiger partial charge in [-0.2, -0.15) is 5.10 Å². The molecule has 0 spiro atoms. The molecule has 3 aromatic rings. The van der Waals surface area contributed by atoms with Gasteiger partial charge in [-0.05, 0) is 37.3 Å². The molecule has 2 N–H and O–H groups in total. The van der Waals surface area contributed by atoms with Crippen molar-refractivity contribution in [3.63, 3.8) is 0 Å². The van der Waals surface area contributed by atoms with E-state index in [2.05, 4.69) is 31.4 Å². The minimum atomic E-state index is -0.496. The zero-order valence-electron chi connectivity index (χ0n) is 12.9. The number of hydrazone groups is 1. The van der Waals surface area contributed by atoms with Crippen molar-refractivity contribution in [1.82, 2.24) is 15.0 Å². The lowest BCUT2D eigenvalue weighted by Gasteiger charge is -2.04. The summed E-state index contributed by atoms with van der Waals surface area (Å²) >= 11 is 3.27. The van der Waals surface area contributed by atoms with Crippen LogP contribution in [0.15, 0.2) is 52.0 Å². The molecule has 0 aliphatic heterocycles. The van der Waals surface area contributed by atoms with Crippen molar-refractivity contribution in [2.24, 2.45) is 5.10 Å². The Labute approximate surface area is 147 Å². The zero-order chi connectivity index (χ0) is 17.1. The number of aromatic hydroxyl groups is 1. The second-order valence-electron chi connectivity index (χ2n) is 5.06. The summed E-state index contributed by atoms with van der Waals surface area (Å²) in [6.45, 7) is 2.76. The molecule has 0 saturated carbocycles. The standard InChI is InChI=1S/C17H15BrN4O2/c1-2-22-14-6-4-3-5-13(14)20-16(22)10-19-21-17(24)12-9-11(18)7-8-15(12)23/h3-10,23H,2H2,1H3,(H,21,24). The third kappa shape index (κ3) is 3.16. The fourth-order valence-corrected chi connectivity index (χ4v) is 2.79. The highest BCUT2D eigenvalue weighted by atomic mass is 79.9. The monoisotopic (exact) mass is 386 g/mol. The molecule has 7 heteroatoms. The van der Waals surface area contributed by atoms with E-state index < -0.39 is 5.91 Å². The van der Waals surface area contributed by atoms with Crippen LogP contribution in [0.1, 0.15) is 23.1 Å². The van der Waals surface area contributed by atoms with Crippen LogP contribution in [0.25, 0.3) is 11.0 Å². The number of carbonyl (C=O) groups is 1. The highest BCUT2D eigenvalue weighted by Gasteiger charge is 2.11. The van der Waals surface area contributed by atoms with Crippen LogP contribution in [0.3, 0.4) is 0 Å². The van der Waals surface area contributed by atoms with Crippen LogP contribution in [0.2, 0.25) is 0 Å². The van der Waals surface area contributed by atoms with E-state index in [1.165, 1.54) is 18.3 Å². The number of phenolic OH excluding ortho intramolecular Hbond substituents is 1. The summed E-state index contributed by atoms with van der Waals surface area (Å²) in [7, 11) is 0. The summed E-state index contributed by atoms with van der Waals surface area (Å²) in [6.07, 6.45) is 1.50. The Bertz CT molecular complexity index is 933. The SMILES string of the molecule is CCn1c(C=NNC(=O)c2cc(Br)ccc2O)nc2ccccc21. The van der Waals surface area contributed by atoms with Crippen LogP contribution in [-0.2, 0) is 6.54 Å². The Balaban J connectivity index is 1.81. The van der Waals surface area contributed by atoms with Crippen molar-refractivity contribution in [3.05, 3.63) is 58.3 Å². The number of hydrogen-bond acceptors (Lipinski definition) is 4. The topological polar surface area (TPSA) is 79.5 Å². The zero-order valence-corrected chi connectivity index (χ0v) is 14.5. The largest absolute Gasteiger partial charge is 0.507 e. The minimum Gasteiger partial charge on any atom is -0.507 e. The minimum absolute atomic E-state index is 0.105. The number of hydrogen-bond donors (Lipinski definition) is 2. The molecule has 0 saturated heterocycles. The van der Waals surface area contributed by atoms with Gasteiger partial charge in [0.15, 0.2) is 5.82 Å². The van der Waals surface area contributed by atoms with Crippen molar-refractivity contribution < 1.29 is 9.90 Å². The fourth-order valence-electron chi connectivity index (χ4n) is 2.42. The second-order valence-corrected chi connectivity index (χ2v) is 5.98. The molecule has 1 heterocycles. The number of phenols is 1. The first-order chi connectivity index (χ1) is 11.6. The number of nitrogens with zero attached hydrogens (tertiary/aromatic N) is 3. The summed E-state index contributed by atoms with van der Waals surface area (Å²) in [5.41, 5.74) is 4.43. The van der Waals surface area contributed by atoms with Crippen LogP contribution >= 0.6 is 15.9 Å². The molecule has 0 fully saturated rings. The van der Waals surface area contributed by atoms with E-state index in [-0.39, 0.29) is 11.3 Å². The molecule has 2 aromatic carbocycles. The molecule has 1 amide bonds. The molecule has 6 nitrogen and oxygen atoms in total. The lowest BCUT2D eigenvalue weighted by atomic mass is 10.2. The van der Waals surface area contributed by atoms with Gasteiger partial charge in [0, 0.05) is 11.0 Å². The molecule has 3 rings (SSSR count). The van der Waals surface area contributed by atoms with Gasteiger partial charge in [0.2, 0.25) is 0 Å². The number of rotatable bonds is 4. The molecule has 24 heavy (non-hydrogen) atoms. The number of benzene rings is 2. The number of para-hydroxylation sites is 2. The van der Waals surface area contributed by atoms with Gasteiger partial charge in [-0.25, -0.2) is 10.4 Å². The number of amides is 1. The number of aryl methyl sites for hydroxylation is 1. The van der Waals surface area contributed by atoms with Crippen LogP contribution in [0.4, 0.5) is 0 Å².